The lowest BCUT2D eigenvalue weighted by molar-refractivity contribution is 0.343. The molecule has 0 aromatic heterocycles. The minimum atomic E-state index is -3.91. The molecule has 1 rings (SSSR count). The fourth-order valence-corrected chi connectivity index (χ4v) is 1.16. The predicted molar refractivity (Wildman–Crippen MR) is 28.7 cm³/mol. The van der Waals surface area contributed by atoms with E-state index in [9.17, 15) is 12.8 Å². The van der Waals surface area contributed by atoms with E-state index >= 15 is 0 Å². The van der Waals surface area contributed by atoms with E-state index in [2.05, 4.69) is 4.18 Å². The molecule has 0 aromatic rings. The highest BCUT2D eigenvalue weighted by Crippen LogP contribution is 2.15. The van der Waals surface area contributed by atoms with Crippen LogP contribution in [0, 0.1) is 0 Å². The van der Waals surface area contributed by atoms with Crippen molar-refractivity contribution in [2.75, 3.05) is 0 Å². The Morgan fingerprint density at radius 1 is 1.67 bits per heavy atom. The number of halogens is 1. The van der Waals surface area contributed by atoms with Crippen molar-refractivity contribution in [3.05, 3.63) is 12.3 Å². The molecule has 1 heterocycles. The quantitative estimate of drug-likeness (QED) is 0.476. The molecule has 0 bridgehead atoms. The maximum absolute atomic E-state index is 12.2. The third-order valence-electron chi connectivity index (χ3n) is 0.921. The first kappa shape index (κ1) is 6.54. The molecule has 1 aliphatic rings. The monoisotopic (exact) mass is 152 g/mol. The maximum Gasteiger partial charge on any atom is 0.341 e. The van der Waals surface area contributed by atoms with E-state index < -0.39 is 15.6 Å². The van der Waals surface area contributed by atoms with Gasteiger partial charge in [0.1, 0.15) is 6.26 Å². The molecule has 3 nitrogen and oxygen atoms in total. The molecule has 0 amide bonds. The first-order chi connectivity index (χ1) is 4.13. The summed E-state index contributed by atoms with van der Waals surface area (Å²) in [5.41, 5.74) is -1.89. The fourth-order valence-electron chi connectivity index (χ4n) is 0.457. The van der Waals surface area contributed by atoms with Crippen molar-refractivity contribution in [3.63, 3.8) is 0 Å². The number of rotatable bonds is 0. The maximum atomic E-state index is 12.2. The Kier molecular flexibility index (Phi) is 1.44. The van der Waals surface area contributed by atoms with Gasteiger partial charge in [0.25, 0.3) is 0 Å². The number of allylic oxidation sites excluding steroid dienone is 1. The third-order valence-corrected chi connectivity index (χ3v) is 2.12. The van der Waals surface area contributed by atoms with E-state index in [-0.39, 0.29) is 6.42 Å². The topological polar surface area (TPSA) is 43.4 Å². The molecule has 0 fully saturated rings. The van der Waals surface area contributed by atoms with Gasteiger partial charge in [0.2, 0.25) is 5.50 Å². The summed E-state index contributed by atoms with van der Waals surface area (Å²) < 4.78 is 36.9. The first-order valence-corrected chi connectivity index (χ1v) is 3.81. The number of alkyl halides is 1. The number of hydrogen-bond donors (Lipinski definition) is 0. The Bertz CT molecular complexity index is 218. The van der Waals surface area contributed by atoms with Crippen LogP contribution in [0.5, 0.6) is 0 Å². The van der Waals surface area contributed by atoms with Gasteiger partial charge < -0.3 is 4.18 Å². The van der Waals surface area contributed by atoms with Gasteiger partial charge in [0.15, 0.2) is 0 Å². The lowest BCUT2D eigenvalue weighted by atomic mass is 10.5. The molecule has 0 N–H and O–H groups in total. The third kappa shape index (κ3) is 1.21. The molecule has 1 aliphatic heterocycles. The van der Waals surface area contributed by atoms with Crippen LogP contribution in [0.1, 0.15) is 6.42 Å². The van der Waals surface area contributed by atoms with Crippen LogP contribution in [0.3, 0.4) is 0 Å². The van der Waals surface area contributed by atoms with Crippen molar-refractivity contribution >= 4 is 10.1 Å². The van der Waals surface area contributed by atoms with E-state index in [1.807, 2.05) is 0 Å². The van der Waals surface area contributed by atoms with Crippen LogP contribution < -0.4 is 0 Å². The Hall–Kier alpha value is -0.580. The molecule has 52 valence electrons. The number of hydrogen-bond acceptors (Lipinski definition) is 3. The van der Waals surface area contributed by atoms with Crippen LogP contribution in [0.4, 0.5) is 4.39 Å². The molecular weight excluding hydrogens is 147 g/mol. The predicted octanol–water partition coefficient (Wildman–Crippen LogP) is 0.546. The normalized spacial score (nSPS) is 31.4. The lowest BCUT2D eigenvalue weighted by Crippen LogP contribution is -2.19. The second-order valence-corrected chi connectivity index (χ2v) is 3.30. The zero-order valence-electron chi connectivity index (χ0n) is 4.45. The summed E-state index contributed by atoms with van der Waals surface area (Å²) in [5, 5.41) is 0. The van der Waals surface area contributed by atoms with E-state index in [1.54, 1.807) is 0 Å². The van der Waals surface area contributed by atoms with E-state index in [4.69, 9.17) is 0 Å². The van der Waals surface area contributed by atoms with Gasteiger partial charge in [-0.3, -0.25) is 0 Å². The van der Waals surface area contributed by atoms with Gasteiger partial charge in [0.05, 0.1) is 0 Å². The molecule has 0 saturated carbocycles. The van der Waals surface area contributed by atoms with Gasteiger partial charge >= 0.3 is 10.1 Å². The van der Waals surface area contributed by atoms with Crippen molar-refractivity contribution in [2.24, 2.45) is 0 Å². The van der Waals surface area contributed by atoms with Crippen LogP contribution in [-0.4, -0.2) is 13.9 Å². The van der Waals surface area contributed by atoms with Crippen LogP contribution in [0.2, 0.25) is 0 Å². The molecule has 0 saturated heterocycles. The van der Waals surface area contributed by atoms with Gasteiger partial charge in [-0.25, -0.2) is 4.39 Å². The second-order valence-electron chi connectivity index (χ2n) is 1.61. The highest BCUT2D eigenvalue weighted by molar-refractivity contribution is 7.87. The zero-order valence-corrected chi connectivity index (χ0v) is 5.27. The molecule has 1 unspecified atom stereocenters. The van der Waals surface area contributed by atoms with Crippen LogP contribution in [0.25, 0.3) is 0 Å². The summed E-state index contributed by atoms with van der Waals surface area (Å²) in [7, 11) is -3.91. The Labute approximate surface area is 52.3 Å². The van der Waals surface area contributed by atoms with Crippen molar-refractivity contribution in [1.82, 2.24) is 0 Å². The van der Waals surface area contributed by atoms with Gasteiger partial charge in [-0.15, -0.1) is 0 Å². The smallest absolute Gasteiger partial charge is 0.341 e. The average molecular weight is 152 g/mol. The van der Waals surface area contributed by atoms with Crippen LogP contribution in [0.15, 0.2) is 12.3 Å². The second kappa shape index (κ2) is 1.98. The summed E-state index contributed by atoms with van der Waals surface area (Å²) in [5.74, 6) is 0. The summed E-state index contributed by atoms with van der Waals surface area (Å²) in [6, 6.07) is 0. The summed E-state index contributed by atoms with van der Waals surface area (Å²) >= 11 is 0. The summed E-state index contributed by atoms with van der Waals surface area (Å²) in [4.78, 5) is 0. The summed E-state index contributed by atoms with van der Waals surface area (Å²) in [6.45, 7) is 0. The van der Waals surface area contributed by atoms with Crippen molar-refractivity contribution in [2.45, 2.75) is 11.9 Å². The van der Waals surface area contributed by atoms with E-state index in [0.717, 1.165) is 6.26 Å². The largest absolute Gasteiger partial charge is 0.389 e. The SMILES string of the molecule is O=S1(=O)OC=CCC1F. The minimum Gasteiger partial charge on any atom is -0.389 e. The zero-order chi connectivity index (χ0) is 6.91. The van der Waals surface area contributed by atoms with Gasteiger partial charge in [0, 0.05) is 6.42 Å². The molecule has 9 heavy (non-hydrogen) atoms. The molecule has 0 aromatic carbocycles. The molecule has 1 atom stereocenters. The van der Waals surface area contributed by atoms with Crippen molar-refractivity contribution in [1.29, 1.82) is 0 Å². The molecule has 5 heteroatoms. The van der Waals surface area contributed by atoms with Gasteiger partial charge in [-0.1, -0.05) is 0 Å². The van der Waals surface area contributed by atoms with Gasteiger partial charge in [-0.2, -0.15) is 8.42 Å². The van der Waals surface area contributed by atoms with E-state index in [1.165, 1.54) is 6.08 Å². The molecule has 0 radical (unpaired) electrons. The fraction of sp³-hybridized carbons (Fsp3) is 0.500. The van der Waals surface area contributed by atoms with Gasteiger partial charge in [-0.05, 0) is 6.08 Å². The molecule has 0 aliphatic carbocycles. The molecule has 0 spiro atoms. The first-order valence-electron chi connectivity index (χ1n) is 2.34. The molecular formula is C4H5FO3S. The van der Waals surface area contributed by atoms with Crippen molar-refractivity contribution in [3.8, 4) is 0 Å². The van der Waals surface area contributed by atoms with E-state index in [0.29, 0.717) is 0 Å². The Morgan fingerprint density at radius 2 is 2.33 bits per heavy atom. The highest BCUT2D eigenvalue weighted by Gasteiger charge is 2.26. The standard InChI is InChI=1S/C4H5FO3S/c5-4-2-1-3-8-9(4,6)7/h1,3-4H,2H2. The lowest BCUT2D eigenvalue weighted by Gasteiger charge is -2.09. The van der Waals surface area contributed by atoms with Crippen LogP contribution >= 0.6 is 0 Å². The highest BCUT2D eigenvalue weighted by atomic mass is 32.2. The minimum absolute atomic E-state index is 0.109. The van der Waals surface area contributed by atoms with Crippen LogP contribution in [-0.2, 0) is 14.3 Å². The summed E-state index contributed by atoms with van der Waals surface area (Å²) in [6.07, 6.45) is 2.19. The van der Waals surface area contributed by atoms with Crippen molar-refractivity contribution < 1.29 is 17.0 Å². The Balaban J connectivity index is 2.90. The average Bonchev–Trinajstić information content (AvgIpc) is 1.77. The Morgan fingerprint density at radius 3 is 2.67 bits per heavy atom.